The molecule has 0 bridgehead atoms. The second-order valence-corrected chi connectivity index (χ2v) is 3.69. The van der Waals surface area contributed by atoms with Gasteiger partial charge in [-0.15, -0.1) is 0 Å². The van der Waals surface area contributed by atoms with Gasteiger partial charge in [-0.1, -0.05) is 26.2 Å². The fraction of sp³-hybridized carbons (Fsp3) is 0.636. The van der Waals surface area contributed by atoms with E-state index in [-0.39, 0.29) is 5.91 Å². The van der Waals surface area contributed by atoms with Crippen LogP contribution in [0, 0.1) is 0 Å². The summed E-state index contributed by atoms with van der Waals surface area (Å²) in [6, 6.07) is 0. The number of carbonyl (C=O) groups excluding carboxylic acids is 1. The number of aryl methyl sites for hydroxylation is 1. The Bertz CT molecular complexity index is 291. The molecule has 0 aliphatic rings. The lowest BCUT2D eigenvalue weighted by molar-refractivity contribution is -0.670. The minimum Gasteiger partial charge on any atom is -0.246 e. The van der Waals surface area contributed by atoms with Crippen molar-refractivity contribution in [2.24, 2.45) is 7.05 Å². The van der Waals surface area contributed by atoms with Gasteiger partial charge in [-0.25, -0.2) is 9.36 Å². The molecule has 0 unspecified atom stereocenters. The Kier molecular flexibility index (Phi) is 4.36. The van der Waals surface area contributed by atoms with Gasteiger partial charge in [0.25, 0.3) is 6.33 Å². The molecule has 14 heavy (non-hydrogen) atoms. The summed E-state index contributed by atoms with van der Waals surface area (Å²) in [6.07, 6.45) is 10.8. The van der Waals surface area contributed by atoms with E-state index >= 15 is 0 Å². The molecule has 0 saturated carbocycles. The first kappa shape index (κ1) is 11.0. The molecule has 0 aliphatic heterocycles. The Balaban J connectivity index is 2.29. The molecule has 0 radical (unpaired) electrons. The minimum absolute atomic E-state index is 0.196. The van der Waals surface area contributed by atoms with Gasteiger partial charge in [0.2, 0.25) is 0 Å². The molecule has 0 aliphatic carbocycles. The third-order valence-corrected chi connectivity index (χ3v) is 2.30. The van der Waals surface area contributed by atoms with Gasteiger partial charge in [0, 0.05) is 0 Å². The predicted octanol–water partition coefficient (Wildman–Crippen LogP) is 1.92. The van der Waals surface area contributed by atoms with Crippen LogP contribution >= 0.6 is 0 Å². The Morgan fingerprint density at radius 1 is 1.36 bits per heavy atom. The molecule has 0 spiro atoms. The zero-order valence-electron chi connectivity index (χ0n) is 9.07. The summed E-state index contributed by atoms with van der Waals surface area (Å²) < 4.78 is 3.54. The van der Waals surface area contributed by atoms with E-state index in [9.17, 15) is 4.79 Å². The van der Waals surface area contributed by atoms with Crippen LogP contribution in [0.3, 0.4) is 0 Å². The number of unbranched alkanes of at least 4 members (excludes halogenated alkanes) is 3. The number of hydrogen-bond donors (Lipinski definition) is 0. The first-order valence-corrected chi connectivity index (χ1v) is 5.30. The van der Waals surface area contributed by atoms with Crippen LogP contribution in [0.4, 0.5) is 0 Å². The average molecular weight is 195 g/mol. The van der Waals surface area contributed by atoms with E-state index in [0.29, 0.717) is 6.42 Å². The lowest BCUT2D eigenvalue weighted by atomic mass is 10.1. The number of nitrogens with zero attached hydrogens (tertiary/aromatic N) is 2. The van der Waals surface area contributed by atoms with Crippen molar-refractivity contribution in [1.82, 2.24) is 4.57 Å². The van der Waals surface area contributed by atoms with E-state index < -0.39 is 0 Å². The smallest absolute Gasteiger partial charge is 0.246 e. The molecule has 3 nitrogen and oxygen atoms in total. The predicted molar refractivity (Wildman–Crippen MR) is 55.0 cm³/mol. The fourth-order valence-electron chi connectivity index (χ4n) is 1.43. The first-order valence-electron chi connectivity index (χ1n) is 5.30. The van der Waals surface area contributed by atoms with Crippen molar-refractivity contribution < 1.29 is 9.36 Å². The van der Waals surface area contributed by atoms with E-state index in [1.807, 2.05) is 30.3 Å². The molecular formula is C11H19N2O+. The molecule has 0 N–H and O–H groups in total. The highest BCUT2D eigenvalue weighted by atomic mass is 16.2. The topological polar surface area (TPSA) is 25.9 Å². The number of imidazole rings is 1. The lowest BCUT2D eigenvalue weighted by Gasteiger charge is -1.95. The summed E-state index contributed by atoms with van der Waals surface area (Å²) in [5.41, 5.74) is 0. The van der Waals surface area contributed by atoms with E-state index in [0.717, 1.165) is 12.8 Å². The maximum absolute atomic E-state index is 11.6. The number of rotatable bonds is 5. The van der Waals surface area contributed by atoms with Crippen molar-refractivity contribution in [1.29, 1.82) is 0 Å². The highest BCUT2D eigenvalue weighted by molar-refractivity contribution is 5.78. The van der Waals surface area contributed by atoms with E-state index in [1.54, 1.807) is 4.57 Å². The van der Waals surface area contributed by atoms with Gasteiger partial charge in [-0.2, -0.15) is 4.57 Å². The molecule has 0 amide bonds. The third-order valence-electron chi connectivity index (χ3n) is 2.30. The summed E-state index contributed by atoms with van der Waals surface area (Å²) in [5, 5.41) is 0. The number of hydrogen-bond acceptors (Lipinski definition) is 1. The Labute approximate surface area is 85.4 Å². The SMILES string of the molecule is CCCCCCC(=O)n1cc[n+](C)c1. The summed E-state index contributed by atoms with van der Waals surface area (Å²) >= 11 is 0. The second-order valence-electron chi connectivity index (χ2n) is 3.69. The molecule has 3 heteroatoms. The van der Waals surface area contributed by atoms with Gasteiger partial charge in [0.15, 0.2) is 0 Å². The summed E-state index contributed by atoms with van der Waals surface area (Å²) in [7, 11) is 1.92. The quantitative estimate of drug-likeness (QED) is 0.520. The van der Waals surface area contributed by atoms with Crippen LogP contribution in [0.5, 0.6) is 0 Å². The van der Waals surface area contributed by atoms with Crippen molar-refractivity contribution in [3.8, 4) is 0 Å². The highest BCUT2D eigenvalue weighted by Crippen LogP contribution is 2.03. The van der Waals surface area contributed by atoms with Crippen LogP contribution in [0.2, 0.25) is 0 Å². The molecule has 78 valence electrons. The van der Waals surface area contributed by atoms with E-state index in [4.69, 9.17) is 0 Å². The van der Waals surface area contributed by atoms with Crippen LogP contribution in [0.25, 0.3) is 0 Å². The molecule has 0 saturated heterocycles. The van der Waals surface area contributed by atoms with Gasteiger partial charge in [0.05, 0.1) is 13.5 Å². The fourth-order valence-corrected chi connectivity index (χ4v) is 1.43. The van der Waals surface area contributed by atoms with Crippen LogP contribution in [0.1, 0.15) is 43.8 Å². The van der Waals surface area contributed by atoms with Crippen molar-refractivity contribution in [2.45, 2.75) is 39.0 Å². The third kappa shape index (κ3) is 3.32. The Morgan fingerprint density at radius 2 is 2.14 bits per heavy atom. The van der Waals surface area contributed by atoms with Gasteiger partial charge in [-0.3, -0.25) is 0 Å². The number of carbonyl (C=O) groups is 1. The van der Waals surface area contributed by atoms with Crippen LogP contribution in [-0.4, -0.2) is 10.5 Å². The minimum atomic E-state index is 0.196. The molecule has 1 aromatic heterocycles. The second kappa shape index (κ2) is 5.58. The first-order chi connectivity index (χ1) is 6.74. The lowest BCUT2D eigenvalue weighted by Crippen LogP contribution is -2.24. The van der Waals surface area contributed by atoms with Crippen molar-refractivity contribution >= 4 is 5.91 Å². The maximum atomic E-state index is 11.6. The summed E-state index contributed by atoms with van der Waals surface area (Å²) in [4.78, 5) is 11.6. The van der Waals surface area contributed by atoms with Gasteiger partial charge in [-0.05, 0) is 6.42 Å². The van der Waals surface area contributed by atoms with Gasteiger partial charge in [0.1, 0.15) is 12.4 Å². The summed E-state index contributed by atoms with van der Waals surface area (Å²) in [5.74, 6) is 0.196. The molecule has 0 aromatic carbocycles. The monoisotopic (exact) mass is 195 g/mol. The Hall–Kier alpha value is -1.12. The molecule has 0 atom stereocenters. The molecule has 0 fully saturated rings. The zero-order valence-corrected chi connectivity index (χ0v) is 9.07. The normalized spacial score (nSPS) is 10.4. The van der Waals surface area contributed by atoms with E-state index in [1.165, 1.54) is 12.8 Å². The van der Waals surface area contributed by atoms with Crippen molar-refractivity contribution in [3.63, 3.8) is 0 Å². The van der Waals surface area contributed by atoms with Crippen LogP contribution < -0.4 is 4.57 Å². The number of aromatic nitrogens is 2. The molecule has 1 rings (SSSR count). The van der Waals surface area contributed by atoms with Crippen LogP contribution in [0.15, 0.2) is 18.7 Å². The standard InChI is InChI=1S/C11H19N2O/c1-3-4-5-6-7-11(14)13-9-8-12(2)10-13/h8-10H,3-7H2,1-2H3/q+1. The maximum Gasteiger partial charge on any atom is 0.313 e. The summed E-state index contributed by atoms with van der Waals surface area (Å²) in [6.45, 7) is 2.17. The molecular weight excluding hydrogens is 176 g/mol. The highest BCUT2D eigenvalue weighted by Gasteiger charge is 2.10. The van der Waals surface area contributed by atoms with Gasteiger partial charge >= 0.3 is 5.91 Å². The van der Waals surface area contributed by atoms with Gasteiger partial charge < -0.3 is 0 Å². The molecule has 1 aromatic rings. The Morgan fingerprint density at radius 3 is 2.71 bits per heavy atom. The zero-order chi connectivity index (χ0) is 10.4. The largest absolute Gasteiger partial charge is 0.313 e. The van der Waals surface area contributed by atoms with Crippen molar-refractivity contribution in [3.05, 3.63) is 18.7 Å². The van der Waals surface area contributed by atoms with Crippen LogP contribution in [-0.2, 0) is 7.05 Å². The van der Waals surface area contributed by atoms with Crippen molar-refractivity contribution in [2.75, 3.05) is 0 Å². The van der Waals surface area contributed by atoms with E-state index in [2.05, 4.69) is 6.92 Å². The average Bonchev–Trinajstić information content (AvgIpc) is 2.59. The molecule has 1 heterocycles.